The van der Waals surface area contributed by atoms with Gasteiger partial charge >= 0.3 is 5.97 Å². The molecule has 172 valence electrons. The molecule has 6 heteroatoms. The molecule has 4 rings (SSSR count). The molecule has 5 nitrogen and oxygen atoms in total. The van der Waals surface area contributed by atoms with Gasteiger partial charge in [-0.3, -0.25) is 9.59 Å². The molecular weight excluding hydrogens is 434 g/mol. The third-order valence-electron chi connectivity index (χ3n) is 5.65. The largest absolute Gasteiger partial charge is 0.493 e. The second-order valence-electron chi connectivity index (χ2n) is 8.25. The Kier molecular flexibility index (Phi) is 7.33. The Morgan fingerprint density at radius 1 is 1.03 bits per heavy atom. The van der Waals surface area contributed by atoms with E-state index in [4.69, 9.17) is 11.2 Å². The number of hydrogen-bond donors (Lipinski definition) is 1. The summed E-state index contributed by atoms with van der Waals surface area (Å²) in [4.78, 5) is 25.8. The quantitative estimate of drug-likeness (QED) is 0.322. The highest BCUT2D eigenvalue weighted by molar-refractivity contribution is 7.08. The fourth-order valence-electron chi connectivity index (χ4n) is 3.67. The van der Waals surface area contributed by atoms with Crippen molar-refractivity contribution in [1.82, 2.24) is 4.90 Å². The molecule has 0 saturated heterocycles. The lowest BCUT2D eigenvalue weighted by Crippen LogP contribution is -2.32. The summed E-state index contributed by atoms with van der Waals surface area (Å²) in [5.74, 6) is -0.316. The summed E-state index contributed by atoms with van der Waals surface area (Å²) in [6.07, 6.45) is 4.11. The summed E-state index contributed by atoms with van der Waals surface area (Å²) in [6.45, 7) is -0.412. The van der Waals surface area contributed by atoms with E-state index >= 15 is 0 Å². The van der Waals surface area contributed by atoms with Crippen LogP contribution in [0.5, 0.6) is 5.75 Å². The monoisotopic (exact) mass is 464 g/mol. The van der Waals surface area contributed by atoms with Crippen LogP contribution in [-0.4, -0.2) is 34.5 Å². The first-order valence-corrected chi connectivity index (χ1v) is 12.3. The van der Waals surface area contributed by atoms with Gasteiger partial charge in [-0.15, -0.1) is 0 Å². The summed E-state index contributed by atoms with van der Waals surface area (Å²) in [5, 5.41) is 12.9. The zero-order chi connectivity index (χ0) is 23.9. The Labute approximate surface area is 200 Å². The van der Waals surface area contributed by atoms with Gasteiger partial charge in [0.25, 0.3) is 5.91 Å². The lowest BCUT2D eigenvalue weighted by molar-refractivity contribution is -0.137. The van der Waals surface area contributed by atoms with Gasteiger partial charge in [0.1, 0.15) is 5.75 Å². The number of carboxylic acids is 1. The summed E-state index contributed by atoms with van der Waals surface area (Å²) < 4.78 is 14.9. The van der Waals surface area contributed by atoms with Crippen LogP contribution in [0.1, 0.15) is 55.8 Å². The van der Waals surface area contributed by atoms with Gasteiger partial charge in [0, 0.05) is 30.1 Å². The number of carbonyl (C=O) groups excluding carboxylic acids is 1. The molecule has 0 radical (unpaired) electrons. The third-order valence-corrected chi connectivity index (χ3v) is 6.33. The maximum absolute atomic E-state index is 13.5. The van der Waals surface area contributed by atoms with E-state index in [0.29, 0.717) is 29.9 Å². The van der Waals surface area contributed by atoms with Crippen LogP contribution in [0.25, 0.3) is 11.1 Å². The lowest BCUT2D eigenvalue weighted by Gasteiger charge is -2.24. The van der Waals surface area contributed by atoms with Crippen LogP contribution < -0.4 is 4.74 Å². The SMILES string of the molecule is [2H]C(c1ccccc1OCCCCCC(=O)O)N(C(=O)c1ccc(-c2ccsc2)cc1)C1CC1. The van der Waals surface area contributed by atoms with Crippen LogP contribution in [0.3, 0.4) is 0 Å². The molecule has 1 fully saturated rings. The molecule has 0 spiro atoms. The van der Waals surface area contributed by atoms with Crippen molar-refractivity contribution in [2.45, 2.75) is 51.1 Å². The maximum atomic E-state index is 13.5. The van der Waals surface area contributed by atoms with Gasteiger partial charge < -0.3 is 14.7 Å². The molecule has 33 heavy (non-hydrogen) atoms. The van der Waals surface area contributed by atoms with E-state index in [1.54, 1.807) is 16.2 Å². The smallest absolute Gasteiger partial charge is 0.303 e. The molecule has 1 N–H and O–H groups in total. The molecule has 1 aliphatic carbocycles. The van der Waals surface area contributed by atoms with E-state index in [1.807, 2.05) is 53.9 Å². The topological polar surface area (TPSA) is 66.8 Å². The number of ether oxygens (including phenoxy) is 1. The van der Waals surface area contributed by atoms with Gasteiger partial charge in [-0.1, -0.05) is 30.3 Å². The van der Waals surface area contributed by atoms with Crippen molar-refractivity contribution in [3.8, 4) is 16.9 Å². The normalized spacial score (nSPS) is 14.4. The van der Waals surface area contributed by atoms with Gasteiger partial charge in [0.2, 0.25) is 0 Å². The van der Waals surface area contributed by atoms with E-state index in [0.717, 1.165) is 36.8 Å². The molecule has 0 aliphatic heterocycles. The van der Waals surface area contributed by atoms with Crippen LogP contribution in [-0.2, 0) is 11.3 Å². The van der Waals surface area contributed by atoms with Crippen molar-refractivity contribution < 1.29 is 20.8 Å². The lowest BCUT2D eigenvalue weighted by atomic mass is 10.1. The number of carbonyl (C=O) groups is 2. The number of unbranched alkanes of at least 4 members (excludes halogenated alkanes) is 2. The van der Waals surface area contributed by atoms with Gasteiger partial charge in [-0.05, 0) is 78.3 Å². The van der Waals surface area contributed by atoms with Crippen molar-refractivity contribution in [2.24, 2.45) is 0 Å². The van der Waals surface area contributed by atoms with Gasteiger partial charge in [-0.2, -0.15) is 11.3 Å². The van der Waals surface area contributed by atoms with Crippen LogP contribution in [0.2, 0.25) is 0 Å². The first kappa shape index (κ1) is 21.7. The molecule has 1 aliphatic rings. The standard InChI is InChI=1S/C27H29NO4S/c29-26(30)8-2-1-5-16-32-25-7-4-3-6-22(25)18-28(24-13-14-24)27(31)21-11-9-20(10-12-21)23-15-17-33-19-23/h3-4,6-7,9-12,15,17,19,24H,1-2,5,8,13-14,16,18H2,(H,29,30)/i18D. The molecule has 1 amide bonds. The number of benzene rings is 2. The highest BCUT2D eigenvalue weighted by Gasteiger charge is 2.33. The molecular formula is C27H29NO4S. The molecule has 3 aromatic rings. The molecule has 2 aromatic carbocycles. The number of thiophene rings is 1. The van der Waals surface area contributed by atoms with Gasteiger partial charge in [-0.25, -0.2) is 0 Å². The van der Waals surface area contributed by atoms with Crippen LogP contribution >= 0.6 is 11.3 Å². The highest BCUT2D eigenvalue weighted by Crippen LogP contribution is 2.32. The van der Waals surface area contributed by atoms with Crippen molar-refractivity contribution in [1.29, 1.82) is 0 Å². The Hall–Kier alpha value is -3.12. The van der Waals surface area contributed by atoms with Crippen LogP contribution in [0, 0.1) is 0 Å². The summed E-state index contributed by atoms with van der Waals surface area (Å²) in [6, 6.07) is 17.1. The van der Waals surface area contributed by atoms with E-state index in [2.05, 4.69) is 11.4 Å². The maximum Gasteiger partial charge on any atom is 0.303 e. The first-order chi connectivity index (χ1) is 16.5. The minimum absolute atomic E-state index is 0.0654. The molecule has 1 aromatic heterocycles. The number of carboxylic acid groups (broad SMARTS) is 1. The molecule has 1 saturated carbocycles. The number of para-hydroxylation sites is 1. The van der Waals surface area contributed by atoms with Crippen LogP contribution in [0.4, 0.5) is 0 Å². The number of nitrogens with zero attached hydrogens (tertiary/aromatic N) is 1. The number of hydrogen-bond acceptors (Lipinski definition) is 4. The average molecular weight is 465 g/mol. The predicted octanol–water partition coefficient (Wildman–Crippen LogP) is 6.24. The zero-order valence-corrected chi connectivity index (χ0v) is 19.3. The fourth-order valence-corrected chi connectivity index (χ4v) is 4.34. The van der Waals surface area contributed by atoms with E-state index in [1.165, 1.54) is 0 Å². The highest BCUT2D eigenvalue weighted by atomic mass is 32.1. The van der Waals surface area contributed by atoms with Crippen molar-refractivity contribution in [3.05, 3.63) is 76.5 Å². The summed E-state index contributed by atoms with van der Waals surface area (Å²) >= 11 is 1.64. The summed E-state index contributed by atoms with van der Waals surface area (Å²) in [7, 11) is 0. The van der Waals surface area contributed by atoms with Gasteiger partial charge in [0.05, 0.1) is 7.98 Å². The molecule has 1 heterocycles. The zero-order valence-electron chi connectivity index (χ0n) is 19.5. The minimum Gasteiger partial charge on any atom is -0.493 e. The number of amides is 1. The van der Waals surface area contributed by atoms with E-state index < -0.39 is 12.5 Å². The number of aliphatic carboxylic acids is 1. The average Bonchev–Trinajstić information content (AvgIpc) is 3.52. The Balaban J connectivity index is 1.44. The summed E-state index contributed by atoms with van der Waals surface area (Å²) in [5.41, 5.74) is 3.46. The Bertz CT molecular complexity index is 1100. The third kappa shape index (κ3) is 6.45. The van der Waals surface area contributed by atoms with E-state index in [9.17, 15) is 9.59 Å². The number of rotatable bonds is 12. The van der Waals surface area contributed by atoms with Crippen molar-refractivity contribution in [3.63, 3.8) is 0 Å². The first-order valence-electron chi connectivity index (χ1n) is 11.9. The predicted molar refractivity (Wildman–Crippen MR) is 131 cm³/mol. The van der Waals surface area contributed by atoms with Crippen molar-refractivity contribution in [2.75, 3.05) is 6.61 Å². The second kappa shape index (κ2) is 11.1. The fraction of sp³-hybridized carbons (Fsp3) is 0.333. The van der Waals surface area contributed by atoms with Crippen LogP contribution in [0.15, 0.2) is 65.4 Å². The minimum atomic E-state index is -0.861. The van der Waals surface area contributed by atoms with Crippen molar-refractivity contribution >= 4 is 23.2 Å². The van der Waals surface area contributed by atoms with E-state index in [-0.39, 0.29) is 18.4 Å². The Morgan fingerprint density at radius 3 is 2.52 bits per heavy atom. The molecule has 0 bridgehead atoms. The second-order valence-corrected chi connectivity index (χ2v) is 9.03. The Morgan fingerprint density at radius 2 is 1.82 bits per heavy atom. The molecule has 1 atom stereocenters. The van der Waals surface area contributed by atoms with Gasteiger partial charge in [0.15, 0.2) is 0 Å². The molecule has 1 unspecified atom stereocenters.